The Morgan fingerprint density at radius 2 is 2.38 bits per heavy atom. The fourth-order valence-electron chi connectivity index (χ4n) is 2.82. The summed E-state index contributed by atoms with van der Waals surface area (Å²) in [4.78, 5) is 29.5. The van der Waals surface area contributed by atoms with Crippen molar-refractivity contribution >= 4 is 11.9 Å². The Labute approximate surface area is 123 Å². The molecule has 6 nitrogen and oxygen atoms in total. The molecule has 1 aliphatic rings. The highest BCUT2D eigenvalue weighted by molar-refractivity contribution is 5.81. The third-order valence-electron chi connectivity index (χ3n) is 3.80. The maximum atomic E-state index is 12.2. The third kappa shape index (κ3) is 3.58. The van der Waals surface area contributed by atoms with Crippen molar-refractivity contribution in [2.45, 2.75) is 25.3 Å². The predicted octanol–water partition coefficient (Wildman–Crippen LogP) is 1.48. The molecular formula is C15H20N2O4. The lowest BCUT2D eigenvalue weighted by Gasteiger charge is -2.39. The number of carbonyl (C=O) groups is 2. The van der Waals surface area contributed by atoms with E-state index < -0.39 is 17.9 Å². The number of likely N-dealkylation sites (tertiary alicyclic amines) is 1. The molecule has 1 N–H and O–H groups in total. The molecule has 1 aliphatic heterocycles. The van der Waals surface area contributed by atoms with Crippen LogP contribution in [0.2, 0.25) is 0 Å². The molecule has 1 amide bonds. The van der Waals surface area contributed by atoms with Gasteiger partial charge >= 0.3 is 5.97 Å². The first-order valence-electron chi connectivity index (χ1n) is 7.06. The molecule has 1 aromatic heterocycles. The molecule has 2 unspecified atom stereocenters. The van der Waals surface area contributed by atoms with E-state index in [9.17, 15) is 14.7 Å². The van der Waals surface area contributed by atoms with Crippen LogP contribution in [0, 0.1) is 5.92 Å². The number of amides is 1. The molecular weight excluding hydrogens is 272 g/mol. The van der Waals surface area contributed by atoms with Crippen LogP contribution in [0.25, 0.3) is 0 Å². The van der Waals surface area contributed by atoms with Crippen LogP contribution in [-0.4, -0.2) is 47.1 Å². The smallest absolute Gasteiger partial charge is 0.308 e. The Balaban J connectivity index is 2.27. The number of rotatable bonds is 6. The van der Waals surface area contributed by atoms with Crippen LogP contribution in [0.3, 0.4) is 0 Å². The maximum Gasteiger partial charge on any atom is 0.308 e. The average molecular weight is 292 g/mol. The Morgan fingerprint density at radius 3 is 3.00 bits per heavy atom. The van der Waals surface area contributed by atoms with Crippen molar-refractivity contribution in [2.24, 2.45) is 5.92 Å². The molecule has 0 aromatic carbocycles. The topological polar surface area (TPSA) is 79.7 Å². The van der Waals surface area contributed by atoms with Crippen molar-refractivity contribution in [3.63, 3.8) is 0 Å². The second kappa shape index (κ2) is 7.17. The molecule has 2 atom stereocenters. The van der Waals surface area contributed by atoms with E-state index in [0.29, 0.717) is 26.0 Å². The van der Waals surface area contributed by atoms with Gasteiger partial charge in [0.05, 0.1) is 12.0 Å². The fourth-order valence-corrected chi connectivity index (χ4v) is 2.82. The van der Waals surface area contributed by atoms with Crippen LogP contribution >= 0.6 is 0 Å². The van der Waals surface area contributed by atoms with Crippen molar-refractivity contribution in [3.05, 3.63) is 30.1 Å². The van der Waals surface area contributed by atoms with Gasteiger partial charge in [0.25, 0.3) is 0 Å². The van der Waals surface area contributed by atoms with Gasteiger partial charge in [-0.2, -0.15) is 0 Å². The van der Waals surface area contributed by atoms with Crippen molar-refractivity contribution in [1.82, 2.24) is 9.88 Å². The average Bonchev–Trinajstić information content (AvgIpc) is 2.49. The number of carboxylic acids is 1. The number of nitrogens with zero attached hydrogens (tertiary/aromatic N) is 2. The zero-order valence-corrected chi connectivity index (χ0v) is 12.1. The molecule has 1 aromatic rings. The molecule has 0 aliphatic carbocycles. The van der Waals surface area contributed by atoms with Crippen LogP contribution in [0.5, 0.6) is 0 Å². The quantitative estimate of drug-likeness (QED) is 0.803. The van der Waals surface area contributed by atoms with E-state index in [0.717, 1.165) is 5.56 Å². The lowest BCUT2D eigenvalue weighted by atomic mass is 9.85. The van der Waals surface area contributed by atoms with Crippen molar-refractivity contribution in [1.29, 1.82) is 0 Å². The highest BCUT2D eigenvalue weighted by atomic mass is 16.5. The number of hydrogen-bond donors (Lipinski definition) is 1. The minimum absolute atomic E-state index is 0.00236. The largest absolute Gasteiger partial charge is 0.481 e. The van der Waals surface area contributed by atoms with Gasteiger partial charge in [0.1, 0.15) is 0 Å². The Kier molecular flexibility index (Phi) is 5.27. The Bertz CT molecular complexity index is 492. The minimum atomic E-state index is -0.868. The molecule has 21 heavy (non-hydrogen) atoms. The second-order valence-electron chi connectivity index (χ2n) is 5.15. The predicted molar refractivity (Wildman–Crippen MR) is 75.5 cm³/mol. The van der Waals surface area contributed by atoms with Crippen molar-refractivity contribution < 1.29 is 19.4 Å². The number of aliphatic carboxylic acids is 1. The first-order valence-corrected chi connectivity index (χ1v) is 7.06. The summed E-state index contributed by atoms with van der Waals surface area (Å²) in [5.41, 5.74) is 0.773. The maximum absolute atomic E-state index is 12.2. The van der Waals surface area contributed by atoms with Crippen molar-refractivity contribution in [2.75, 3.05) is 20.3 Å². The van der Waals surface area contributed by atoms with Gasteiger partial charge in [0, 0.05) is 39.1 Å². The van der Waals surface area contributed by atoms with Crippen LogP contribution in [-0.2, 0) is 14.3 Å². The van der Waals surface area contributed by atoms with E-state index in [-0.39, 0.29) is 12.3 Å². The zero-order chi connectivity index (χ0) is 15.2. The number of carboxylic acid groups (broad SMARTS) is 1. The van der Waals surface area contributed by atoms with E-state index in [1.165, 1.54) is 0 Å². The number of methoxy groups -OCH3 is 1. The molecule has 1 saturated heterocycles. The molecule has 6 heteroatoms. The van der Waals surface area contributed by atoms with E-state index in [2.05, 4.69) is 4.98 Å². The second-order valence-corrected chi connectivity index (χ2v) is 5.15. The summed E-state index contributed by atoms with van der Waals surface area (Å²) >= 11 is 0. The summed E-state index contributed by atoms with van der Waals surface area (Å²) in [6.07, 6.45) is 4.61. The SMILES string of the molecule is COCCCN1C(=O)CCC(C(=O)O)C1c1cccnc1. The van der Waals surface area contributed by atoms with Crippen LogP contribution in [0.15, 0.2) is 24.5 Å². The summed E-state index contributed by atoms with van der Waals surface area (Å²) in [7, 11) is 1.61. The van der Waals surface area contributed by atoms with Gasteiger partial charge in [-0.3, -0.25) is 14.6 Å². The molecule has 2 heterocycles. The monoisotopic (exact) mass is 292 g/mol. The minimum Gasteiger partial charge on any atom is -0.481 e. The number of ether oxygens (including phenoxy) is 1. The van der Waals surface area contributed by atoms with Gasteiger partial charge in [-0.1, -0.05) is 6.07 Å². The molecule has 0 spiro atoms. The number of hydrogen-bond acceptors (Lipinski definition) is 4. The first-order chi connectivity index (χ1) is 10.1. The lowest BCUT2D eigenvalue weighted by molar-refractivity contribution is -0.152. The Morgan fingerprint density at radius 1 is 1.57 bits per heavy atom. The number of piperidine rings is 1. The lowest BCUT2D eigenvalue weighted by Crippen LogP contribution is -2.46. The van der Waals surface area contributed by atoms with Gasteiger partial charge in [-0.15, -0.1) is 0 Å². The summed E-state index contributed by atoms with van der Waals surface area (Å²) in [5.74, 6) is -1.46. The van der Waals surface area contributed by atoms with Crippen LogP contribution < -0.4 is 0 Å². The molecule has 114 valence electrons. The van der Waals surface area contributed by atoms with E-state index in [1.807, 2.05) is 6.07 Å². The molecule has 1 fully saturated rings. The summed E-state index contributed by atoms with van der Waals surface area (Å²) in [6, 6.07) is 3.14. The normalized spacial score (nSPS) is 22.3. The van der Waals surface area contributed by atoms with E-state index >= 15 is 0 Å². The zero-order valence-electron chi connectivity index (χ0n) is 12.1. The summed E-state index contributed by atoms with van der Waals surface area (Å²) in [5, 5.41) is 9.46. The van der Waals surface area contributed by atoms with Gasteiger partial charge in [0.15, 0.2) is 0 Å². The number of pyridine rings is 1. The van der Waals surface area contributed by atoms with E-state index in [4.69, 9.17) is 4.74 Å². The van der Waals surface area contributed by atoms with Crippen LogP contribution in [0.4, 0.5) is 0 Å². The molecule has 0 radical (unpaired) electrons. The highest BCUT2D eigenvalue weighted by Gasteiger charge is 2.40. The van der Waals surface area contributed by atoms with Gasteiger partial charge in [0.2, 0.25) is 5.91 Å². The number of aromatic nitrogens is 1. The molecule has 0 saturated carbocycles. The van der Waals surface area contributed by atoms with E-state index in [1.54, 1.807) is 30.5 Å². The standard InChI is InChI=1S/C15H20N2O4/c1-21-9-3-8-17-13(18)6-5-12(15(19)20)14(17)11-4-2-7-16-10-11/h2,4,7,10,12,14H,3,5-6,8-9H2,1H3,(H,19,20). The Hall–Kier alpha value is -1.95. The molecule has 2 rings (SSSR count). The summed E-state index contributed by atoms with van der Waals surface area (Å²) in [6.45, 7) is 1.04. The van der Waals surface area contributed by atoms with Gasteiger partial charge < -0.3 is 14.7 Å². The van der Waals surface area contributed by atoms with Crippen LogP contribution in [0.1, 0.15) is 30.9 Å². The summed E-state index contributed by atoms with van der Waals surface area (Å²) < 4.78 is 5.02. The molecule has 0 bridgehead atoms. The highest BCUT2D eigenvalue weighted by Crippen LogP contribution is 2.36. The first kappa shape index (κ1) is 15.4. The van der Waals surface area contributed by atoms with Crippen molar-refractivity contribution in [3.8, 4) is 0 Å². The van der Waals surface area contributed by atoms with Gasteiger partial charge in [-0.05, 0) is 24.5 Å². The van der Waals surface area contributed by atoms with Gasteiger partial charge in [-0.25, -0.2) is 0 Å². The third-order valence-corrected chi connectivity index (χ3v) is 3.80. The number of carbonyl (C=O) groups excluding carboxylic acids is 1. The fraction of sp³-hybridized carbons (Fsp3) is 0.533.